The molecule has 2 aromatic carbocycles. The summed E-state index contributed by atoms with van der Waals surface area (Å²) in [5.41, 5.74) is 0.545. The van der Waals surface area contributed by atoms with Crippen molar-refractivity contribution in [2.75, 3.05) is 13.2 Å². The zero-order chi connectivity index (χ0) is 16.7. The molecular weight excluding hydrogens is 321 g/mol. The van der Waals surface area contributed by atoms with E-state index in [4.69, 9.17) is 16.3 Å². The molecular formula is C17H17ClFNO3. The normalized spacial score (nSPS) is 11.8. The minimum Gasteiger partial charge on any atom is -0.493 e. The smallest absolute Gasteiger partial charge is 0.223 e. The van der Waals surface area contributed by atoms with Crippen LogP contribution in [0.25, 0.3) is 0 Å². The SMILES string of the molecule is O=C(CCOc1ccc(Cl)cc1)NCC(O)c1ccc(F)cc1. The zero-order valence-corrected chi connectivity index (χ0v) is 13.1. The van der Waals surface area contributed by atoms with E-state index in [2.05, 4.69) is 5.32 Å². The maximum Gasteiger partial charge on any atom is 0.223 e. The third-order valence-electron chi connectivity index (χ3n) is 3.16. The lowest BCUT2D eigenvalue weighted by Gasteiger charge is -2.12. The molecule has 0 radical (unpaired) electrons. The summed E-state index contributed by atoms with van der Waals surface area (Å²) < 4.78 is 18.2. The summed E-state index contributed by atoms with van der Waals surface area (Å²) in [6.45, 7) is 0.283. The van der Waals surface area contributed by atoms with Gasteiger partial charge in [0.2, 0.25) is 5.91 Å². The fraction of sp³-hybridized carbons (Fsp3) is 0.235. The van der Waals surface area contributed by atoms with E-state index in [0.29, 0.717) is 16.3 Å². The highest BCUT2D eigenvalue weighted by Gasteiger charge is 2.09. The third kappa shape index (κ3) is 5.88. The van der Waals surface area contributed by atoms with Gasteiger partial charge in [-0.05, 0) is 42.0 Å². The van der Waals surface area contributed by atoms with Gasteiger partial charge in [-0.15, -0.1) is 0 Å². The van der Waals surface area contributed by atoms with Gasteiger partial charge in [0.15, 0.2) is 0 Å². The van der Waals surface area contributed by atoms with E-state index in [0.717, 1.165) is 0 Å². The average Bonchev–Trinajstić information content (AvgIpc) is 2.55. The zero-order valence-electron chi connectivity index (χ0n) is 12.3. The fourth-order valence-corrected chi connectivity index (χ4v) is 2.02. The molecule has 0 aromatic heterocycles. The molecule has 0 fully saturated rings. The minimum absolute atomic E-state index is 0.0609. The Kier molecular flexibility index (Phi) is 6.38. The number of ether oxygens (including phenoxy) is 1. The Morgan fingerprint density at radius 3 is 2.48 bits per heavy atom. The third-order valence-corrected chi connectivity index (χ3v) is 3.41. The molecule has 0 heterocycles. The number of benzene rings is 2. The van der Waals surface area contributed by atoms with Crippen LogP contribution in [0.4, 0.5) is 4.39 Å². The molecule has 2 aromatic rings. The molecule has 4 nitrogen and oxygen atoms in total. The molecule has 1 amide bonds. The van der Waals surface area contributed by atoms with Gasteiger partial charge in [0.1, 0.15) is 11.6 Å². The van der Waals surface area contributed by atoms with Gasteiger partial charge in [0.25, 0.3) is 0 Å². The van der Waals surface area contributed by atoms with Gasteiger partial charge < -0.3 is 15.2 Å². The largest absolute Gasteiger partial charge is 0.493 e. The number of hydrogen-bond donors (Lipinski definition) is 2. The molecule has 1 atom stereocenters. The highest BCUT2D eigenvalue weighted by atomic mass is 35.5. The van der Waals surface area contributed by atoms with Gasteiger partial charge in [-0.1, -0.05) is 23.7 Å². The van der Waals surface area contributed by atoms with Crippen LogP contribution in [0, 0.1) is 5.82 Å². The topological polar surface area (TPSA) is 58.6 Å². The molecule has 6 heteroatoms. The van der Waals surface area contributed by atoms with E-state index in [1.165, 1.54) is 24.3 Å². The predicted octanol–water partition coefficient (Wildman–Crippen LogP) is 3.10. The Balaban J connectivity index is 1.68. The van der Waals surface area contributed by atoms with Crippen LogP contribution in [0.2, 0.25) is 5.02 Å². The van der Waals surface area contributed by atoms with Crippen molar-refractivity contribution < 1.29 is 19.0 Å². The van der Waals surface area contributed by atoms with Crippen molar-refractivity contribution in [1.29, 1.82) is 0 Å². The summed E-state index contributed by atoms with van der Waals surface area (Å²) in [4.78, 5) is 11.7. The van der Waals surface area contributed by atoms with Crippen LogP contribution < -0.4 is 10.1 Å². The highest BCUT2D eigenvalue weighted by molar-refractivity contribution is 6.30. The number of amides is 1. The van der Waals surface area contributed by atoms with Crippen LogP contribution >= 0.6 is 11.6 Å². The van der Waals surface area contributed by atoms with Crippen LogP contribution in [0.3, 0.4) is 0 Å². The highest BCUT2D eigenvalue weighted by Crippen LogP contribution is 2.15. The molecule has 0 spiro atoms. The first-order chi connectivity index (χ1) is 11.0. The van der Waals surface area contributed by atoms with Gasteiger partial charge in [0.05, 0.1) is 19.1 Å². The van der Waals surface area contributed by atoms with Gasteiger partial charge >= 0.3 is 0 Å². The molecule has 122 valence electrons. The maximum absolute atomic E-state index is 12.8. The van der Waals surface area contributed by atoms with E-state index in [1.807, 2.05) is 0 Å². The van der Waals surface area contributed by atoms with Crippen molar-refractivity contribution >= 4 is 17.5 Å². The van der Waals surface area contributed by atoms with Gasteiger partial charge in [0, 0.05) is 11.6 Å². The first-order valence-electron chi connectivity index (χ1n) is 7.13. The number of rotatable bonds is 7. The standard InChI is InChI=1S/C17H17ClFNO3/c18-13-3-7-15(8-4-13)23-10-9-17(22)20-11-16(21)12-1-5-14(19)6-2-12/h1-8,16,21H,9-11H2,(H,20,22). The lowest BCUT2D eigenvalue weighted by molar-refractivity contribution is -0.122. The van der Waals surface area contributed by atoms with E-state index >= 15 is 0 Å². The Bertz CT molecular complexity index is 631. The summed E-state index contributed by atoms with van der Waals surface area (Å²) >= 11 is 5.76. The number of carbonyl (C=O) groups excluding carboxylic acids is 1. The van der Waals surface area contributed by atoms with Gasteiger partial charge in [-0.25, -0.2) is 4.39 Å². The van der Waals surface area contributed by atoms with Gasteiger partial charge in [-0.2, -0.15) is 0 Å². The Morgan fingerprint density at radius 1 is 1.17 bits per heavy atom. The number of aliphatic hydroxyl groups is 1. The van der Waals surface area contributed by atoms with Crippen molar-refractivity contribution in [2.45, 2.75) is 12.5 Å². The fourth-order valence-electron chi connectivity index (χ4n) is 1.89. The van der Waals surface area contributed by atoms with Crippen LogP contribution in [0.15, 0.2) is 48.5 Å². The number of nitrogens with one attached hydrogen (secondary N) is 1. The summed E-state index contributed by atoms with van der Waals surface area (Å²) in [6, 6.07) is 12.3. The molecule has 1 unspecified atom stereocenters. The van der Waals surface area contributed by atoms with Crippen molar-refractivity contribution in [3.8, 4) is 5.75 Å². The van der Waals surface area contributed by atoms with Gasteiger partial charge in [-0.3, -0.25) is 4.79 Å². The molecule has 0 bridgehead atoms. The lowest BCUT2D eigenvalue weighted by Crippen LogP contribution is -2.29. The number of halogens is 2. The number of carbonyl (C=O) groups is 1. The quantitative estimate of drug-likeness (QED) is 0.816. The first-order valence-corrected chi connectivity index (χ1v) is 7.51. The Morgan fingerprint density at radius 2 is 1.83 bits per heavy atom. The number of hydrogen-bond acceptors (Lipinski definition) is 3. The van der Waals surface area contributed by atoms with E-state index < -0.39 is 6.10 Å². The lowest BCUT2D eigenvalue weighted by atomic mass is 10.1. The van der Waals surface area contributed by atoms with Crippen molar-refractivity contribution in [3.05, 3.63) is 64.9 Å². The van der Waals surface area contributed by atoms with Crippen LogP contribution in [-0.2, 0) is 4.79 Å². The van der Waals surface area contributed by atoms with Crippen LogP contribution in [-0.4, -0.2) is 24.2 Å². The van der Waals surface area contributed by atoms with Crippen LogP contribution in [0.1, 0.15) is 18.1 Å². The molecule has 0 saturated carbocycles. The van der Waals surface area contributed by atoms with E-state index in [1.54, 1.807) is 24.3 Å². The maximum atomic E-state index is 12.8. The summed E-state index contributed by atoms with van der Waals surface area (Å²) in [5, 5.41) is 13.1. The predicted molar refractivity (Wildman–Crippen MR) is 85.9 cm³/mol. The molecule has 0 aliphatic carbocycles. The summed E-state index contributed by atoms with van der Waals surface area (Å²) in [5.74, 6) is 0.0259. The minimum atomic E-state index is -0.878. The molecule has 2 N–H and O–H groups in total. The second kappa shape index (κ2) is 8.50. The van der Waals surface area contributed by atoms with E-state index in [9.17, 15) is 14.3 Å². The molecule has 0 aliphatic heterocycles. The molecule has 23 heavy (non-hydrogen) atoms. The van der Waals surface area contributed by atoms with Crippen molar-refractivity contribution in [2.24, 2.45) is 0 Å². The van der Waals surface area contributed by atoms with Crippen LogP contribution in [0.5, 0.6) is 5.75 Å². The number of aliphatic hydroxyl groups excluding tert-OH is 1. The Labute approximate surface area is 138 Å². The first kappa shape index (κ1) is 17.2. The monoisotopic (exact) mass is 337 g/mol. The van der Waals surface area contributed by atoms with E-state index in [-0.39, 0.29) is 31.3 Å². The van der Waals surface area contributed by atoms with Crippen molar-refractivity contribution in [3.63, 3.8) is 0 Å². The molecule has 0 aliphatic rings. The summed E-state index contributed by atoms with van der Waals surface area (Å²) in [7, 11) is 0. The Hall–Kier alpha value is -2.11. The second-order valence-corrected chi connectivity index (χ2v) is 5.36. The second-order valence-electron chi connectivity index (χ2n) is 4.92. The summed E-state index contributed by atoms with van der Waals surface area (Å²) in [6.07, 6.45) is -0.713. The molecule has 2 rings (SSSR count). The molecule has 0 saturated heterocycles. The van der Waals surface area contributed by atoms with Crippen molar-refractivity contribution in [1.82, 2.24) is 5.32 Å². The average molecular weight is 338 g/mol.